The predicted octanol–water partition coefficient (Wildman–Crippen LogP) is 1.48. The predicted molar refractivity (Wildman–Crippen MR) is 73.3 cm³/mol. The second-order valence-corrected chi connectivity index (χ2v) is 5.22. The average molecular weight is 308 g/mol. The second-order valence-electron chi connectivity index (χ2n) is 5.22. The standard InChI is InChI=1S/C15H23.BrH.Mg/c1-10(2)13-8-7-9-14(11(3)4)15(13)12(5)6;;/h7-8,10-12H,1-6H3;1H;/q-1;;+2/p-1. The van der Waals surface area contributed by atoms with E-state index in [-0.39, 0.29) is 40.0 Å². The van der Waals surface area contributed by atoms with Crippen LogP contribution in [0, 0.1) is 6.07 Å². The van der Waals surface area contributed by atoms with E-state index < -0.39 is 0 Å². The molecule has 0 atom stereocenters. The van der Waals surface area contributed by atoms with Crippen molar-refractivity contribution in [2.24, 2.45) is 0 Å². The van der Waals surface area contributed by atoms with Crippen molar-refractivity contribution in [2.45, 2.75) is 59.3 Å². The van der Waals surface area contributed by atoms with Gasteiger partial charge in [0.05, 0.1) is 0 Å². The summed E-state index contributed by atoms with van der Waals surface area (Å²) < 4.78 is 0. The summed E-state index contributed by atoms with van der Waals surface area (Å²) in [5.41, 5.74) is 4.41. The molecule has 1 aromatic carbocycles. The number of benzene rings is 1. The van der Waals surface area contributed by atoms with Crippen LogP contribution in [-0.4, -0.2) is 23.1 Å². The van der Waals surface area contributed by atoms with Crippen molar-refractivity contribution >= 4 is 23.1 Å². The van der Waals surface area contributed by atoms with Gasteiger partial charge in [0.1, 0.15) is 0 Å². The number of halogens is 1. The summed E-state index contributed by atoms with van der Waals surface area (Å²) in [6.45, 7) is 13.6. The van der Waals surface area contributed by atoms with Crippen LogP contribution in [0.1, 0.15) is 76.0 Å². The Bertz CT molecular complexity index is 303. The molecule has 0 aliphatic rings. The first-order valence-corrected chi connectivity index (χ1v) is 5.99. The summed E-state index contributed by atoms with van der Waals surface area (Å²) in [4.78, 5) is 0. The zero-order valence-electron chi connectivity index (χ0n) is 12.0. The fraction of sp³-hybridized carbons (Fsp3) is 0.600. The van der Waals surface area contributed by atoms with Gasteiger partial charge in [0.15, 0.2) is 0 Å². The summed E-state index contributed by atoms with van der Waals surface area (Å²) in [6.07, 6.45) is 0. The molecule has 0 N–H and O–H groups in total. The maximum atomic E-state index is 3.41. The molecule has 0 bridgehead atoms. The first-order chi connectivity index (χ1) is 6.95. The van der Waals surface area contributed by atoms with E-state index in [0.717, 1.165) is 0 Å². The molecule has 0 amide bonds. The first kappa shape index (κ1) is 19.8. The van der Waals surface area contributed by atoms with Gasteiger partial charge in [-0.15, -0.1) is 5.56 Å². The molecule has 0 fully saturated rings. The summed E-state index contributed by atoms with van der Waals surface area (Å²) in [7, 11) is 0. The monoisotopic (exact) mass is 306 g/mol. The van der Waals surface area contributed by atoms with Gasteiger partial charge in [-0.1, -0.05) is 47.5 Å². The minimum Gasteiger partial charge on any atom is -1.00 e. The molecule has 0 aliphatic heterocycles. The molecule has 0 aromatic heterocycles. The summed E-state index contributed by atoms with van der Waals surface area (Å²) >= 11 is 0. The van der Waals surface area contributed by atoms with E-state index in [1.165, 1.54) is 16.7 Å². The van der Waals surface area contributed by atoms with Crippen LogP contribution in [0.2, 0.25) is 0 Å². The van der Waals surface area contributed by atoms with E-state index in [0.29, 0.717) is 17.8 Å². The molecule has 17 heavy (non-hydrogen) atoms. The molecule has 2 heteroatoms. The SMILES string of the molecule is CC(C)c1[c-]ccc(C(C)C)c1C(C)C.[Br-].[Mg+2]. The third-order valence-electron chi connectivity index (χ3n) is 2.88. The smallest absolute Gasteiger partial charge is 1.00 e. The van der Waals surface area contributed by atoms with Crippen LogP contribution in [0.15, 0.2) is 12.1 Å². The van der Waals surface area contributed by atoms with Crippen LogP contribution in [0.25, 0.3) is 0 Å². The Morgan fingerprint density at radius 2 is 1.41 bits per heavy atom. The van der Waals surface area contributed by atoms with E-state index in [1.807, 2.05) is 0 Å². The Morgan fingerprint density at radius 1 is 0.882 bits per heavy atom. The maximum Gasteiger partial charge on any atom is 2.00 e. The van der Waals surface area contributed by atoms with Gasteiger partial charge in [0.25, 0.3) is 0 Å². The molecule has 0 saturated heterocycles. The van der Waals surface area contributed by atoms with Gasteiger partial charge in [-0.25, -0.2) is 0 Å². The van der Waals surface area contributed by atoms with Crippen molar-refractivity contribution in [1.29, 1.82) is 0 Å². The molecule has 92 valence electrons. The van der Waals surface area contributed by atoms with E-state index in [9.17, 15) is 0 Å². The maximum absolute atomic E-state index is 3.41. The first-order valence-electron chi connectivity index (χ1n) is 5.99. The Morgan fingerprint density at radius 3 is 1.76 bits per heavy atom. The van der Waals surface area contributed by atoms with Crippen LogP contribution < -0.4 is 17.0 Å². The van der Waals surface area contributed by atoms with Crippen LogP contribution in [-0.2, 0) is 0 Å². The Labute approximate surface area is 133 Å². The third kappa shape index (κ3) is 4.92. The van der Waals surface area contributed by atoms with E-state index >= 15 is 0 Å². The van der Waals surface area contributed by atoms with Gasteiger partial charge < -0.3 is 17.0 Å². The molecular weight excluding hydrogens is 284 g/mol. The van der Waals surface area contributed by atoms with Crippen molar-refractivity contribution in [3.8, 4) is 0 Å². The molecule has 0 nitrogen and oxygen atoms in total. The normalized spacial score (nSPS) is 10.4. The molecular formula is C15H23BrMg. The van der Waals surface area contributed by atoms with Gasteiger partial charge in [0, 0.05) is 0 Å². The van der Waals surface area contributed by atoms with Crippen LogP contribution in [0.4, 0.5) is 0 Å². The van der Waals surface area contributed by atoms with Crippen molar-refractivity contribution in [3.05, 3.63) is 34.9 Å². The number of hydrogen-bond acceptors (Lipinski definition) is 0. The molecule has 1 rings (SSSR count). The van der Waals surface area contributed by atoms with Crippen molar-refractivity contribution in [2.75, 3.05) is 0 Å². The fourth-order valence-electron chi connectivity index (χ4n) is 2.17. The summed E-state index contributed by atoms with van der Waals surface area (Å²) in [6, 6.07) is 7.72. The second kappa shape index (κ2) is 8.55. The van der Waals surface area contributed by atoms with E-state index in [1.54, 1.807) is 0 Å². The molecule has 0 saturated carbocycles. The van der Waals surface area contributed by atoms with Crippen molar-refractivity contribution in [1.82, 2.24) is 0 Å². The quantitative estimate of drug-likeness (QED) is 0.586. The number of rotatable bonds is 3. The third-order valence-corrected chi connectivity index (χ3v) is 2.88. The Kier molecular flexibility index (Phi) is 9.95. The molecule has 0 unspecified atom stereocenters. The number of hydrogen-bond donors (Lipinski definition) is 0. The van der Waals surface area contributed by atoms with Crippen molar-refractivity contribution < 1.29 is 17.0 Å². The summed E-state index contributed by atoms with van der Waals surface area (Å²) in [5, 5.41) is 0. The van der Waals surface area contributed by atoms with Gasteiger partial charge in [0.2, 0.25) is 0 Å². The van der Waals surface area contributed by atoms with E-state index in [2.05, 4.69) is 59.7 Å². The Balaban J connectivity index is 0. The fourth-order valence-corrected chi connectivity index (χ4v) is 2.17. The van der Waals surface area contributed by atoms with E-state index in [4.69, 9.17) is 0 Å². The average Bonchev–Trinajstić information content (AvgIpc) is 2.16. The molecule has 0 spiro atoms. The van der Waals surface area contributed by atoms with Crippen LogP contribution >= 0.6 is 0 Å². The molecule has 0 radical (unpaired) electrons. The zero-order valence-corrected chi connectivity index (χ0v) is 15.0. The topological polar surface area (TPSA) is 0 Å². The minimum absolute atomic E-state index is 0. The van der Waals surface area contributed by atoms with Crippen LogP contribution in [0.5, 0.6) is 0 Å². The zero-order chi connectivity index (χ0) is 11.6. The van der Waals surface area contributed by atoms with Gasteiger partial charge >= 0.3 is 23.1 Å². The van der Waals surface area contributed by atoms with Gasteiger partial charge in [-0.2, -0.15) is 29.3 Å². The minimum atomic E-state index is 0. The molecule has 0 aliphatic carbocycles. The summed E-state index contributed by atoms with van der Waals surface area (Å²) in [5.74, 6) is 1.77. The van der Waals surface area contributed by atoms with Gasteiger partial charge in [-0.3, -0.25) is 0 Å². The Hall–Kier alpha value is 0.466. The molecule has 0 heterocycles. The van der Waals surface area contributed by atoms with Gasteiger partial charge in [-0.05, 0) is 11.8 Å². The van der Waals surface area contributed by atoms with Crippen LogP contribution in [0.3, 0.4) is 0 Å². The largest absolute Gasteiger partial charge is 2.00 e. The molecule has 1 aromatic rings. The van der Waals surface area contributed by atoms with Crippen molar-refractivity contribution in [3.63, 3.8) is 0 Å².